The van der Waals surface area contributed by atoms with E-state index < -0.39 is 0 Å². The highest BCUT2D eigenvalue weighted by Crippen LogP contribution is 2.40. The van der Waals surface area contributed by atoms with E-state index in [4.69, 9.17) is 16.3 Å². The third-order valence-electron chi connectivity index (χ3n) is 6.88. The average molecular weight is 459 g/mol. The number of H-pyrrole nitrogens is 1. The van der Waals surface area contributed by atoms with Crippen LogP contribution in [0.15, 0.2) is 16.9 Å². The van der Waals surface area contributed by atoms with Gasteiger partial charge in [-0.2, -0.15) is 0 Å². The number of ether oxygens (including phenoxy) is 1. The van der Waals surface area contributed by atoms with E-state index in [0.717, 1.165) is 29.7 Å². The number of pyridine rings is 1. The Morgan fingerprint density at radius 1 is 1.28 bits per heavy atom. The number of nitrogens with zero attached hydrogens (tertiary/aromatic N) is 1. The fraction of sp³-hybridized carbons (Fsp3) is 0.520. The monoisotopic (exact) mass is 458 g/mol. The van der Waals surface area contributed by atoms with Crippen molar-refractivity contribution in [2.45, 2.75) is 58.9 Å². The van der Waals surface area contributed by atoms with Crippen LogP contribution in [-0.4, -0.2) is 40.7 Å². The van der Waals surface area contributed by atoms with Crippen LogP contribution in [0.1, 0.15) is 70.4 Å². The first-order valence-corrected chi connectivity index (χ1v) is 11.8. The molecule has 2 aliphatic rings. The van der Waals surface area contributed by atoms with Gasteiger partial charge in [0.2, 0.25) is 0 Å². The zero-order valence-electron chi connectivity index (χ0n) is 19.0. The van der Waals surface area contributed by atoms with Crippen LogP contribution in [0.5, 0.6) is 5.75 Å². The lowest BCUT2D eigenvalue weighted by Gasteiger charge is -2.32. The number of benzene rings is 1. The molecule has 172 valence electrons. The highest BCUT2D eigenvalue weighted by Gasteiger charge is 2.31. The number of aromatic nitrogens is 1. The van der Waals surface area contributed by atoms with Crippen LogP contribution in [0.3, 0.4) is 0 Å². The molecule has 4 rings (SSSR count). The standard InChI is InChI=1S/C25H31ClN2O4/c1-14(12-29)13-32-20-8-7-18-9-10-28(25(31)22(18)23(20)26)11-19-15(2)21(17-5-4-6-17)16(3)27-24(19)30/h7-8,14,17,29H,4-6,9-13H2,1-3H3,(H,27,30)/t14-/m0/s1. The van der Waals surface area contributed by atoms with Crippen molar-refractivity contribution in [1.29, 1.82) is 0 Å². The van der Waals surface area contributed by atoms with Crippen LogP contribution in [-0.2, 0) is 13.0 Å². The van der Waals surface area contributed by atoms with Gasteiger partial charge in [-0.15, -0.1) is 0 Å². The minimum Gasteiger partial charge on any atom is -0.492 e. The van der Waals surface area contributed by atoms with Crippen molar-refractivity contribution in [3.63, 3.8) is 0 Å². The molecular weight excluding hydrogens is 428 g/mol. The van der Waals surface area contributed by atoms with Gasteiger partial charge in [-0.25, -0.2) is 0 Å². The minimum atomic E-state index is -0.179. The summed E-state index contributed by atoms with van der Waals surface area (Å²) in [5.41, 5.74) is 5.07. The lowest BCUT2D eigenvalue weighted by atomic mass is 9.77. The molecule has 32 heavy (non-hydrogen) atoms. The number of fused-ring (bicyclic) bond motifs is 1. The van der Waals surface area contributed by atoms with Crippen LogP contribution in [0.25, 0.3) is 0 Å². The lowest BCUT2D eigenvalue weighted by Crippen LogP contribution is -2.39. The maximum Gasteiger partial charge on any atom is 0.256 e. The van der Waals surface area contributed by atoms with Gasteiger partial charge in [-0.3, -0.25) is 9.59 Å². The molecule has 1 aliphatic carbocycles. The smallest absolute Gasteiger partial charge is 0.256 e. The Bertz CT molecular complexity index is 1090. The number of hydrogen-bond acceptors (Lipinski definition) is 4. The number of rotatable bonds is 7. The second-order valence-corrected chi connectivity index (χ2v) is 9.59. The molecule has 2 aromatic rings. The number of aliphatic hydroxyl groups is 1. The second-order valence-electron chi connectivity index (χ2n) is 9.21. The normalized spacial score (nSPS) is 17.2. The van der Waals surface area contributed by atoms with Crippen molar-refractivity contribution in [2.24, 2.45) is 5.92 Å². The van der Waals surface area contributed by atoms with Gasteiger partial charge in [0, 0.05) is 30.3 Å². The third kappa shape index (κ3) is 4.18. The fourth-order valence-corrected chi connectivity index (χ4v) is 5.04. The summed E-state index contributed by atoms with van der Waals surface area (Å²) in [6, 6.07) is 3.67. The van der Waals surface area contributed by atoms with Gasteiger partial charge in [0.05, 0.1) is 23.7 Å². The number of carbonyl (C=O) groups is 1. The Hall–Kier alpha value is -2.31. The van der Waals surface area contributed by atoms with E-state index in [1.807, 2.05) is 26.8 Å². The van der Waals surface area contributed by atoms with Gasteiger partial charge in [-0.1, -0.05) is 31.0 Å². The SMILES string of the molecule is Cc1[nH]c(=O)c(CN2CCc3ccc(OC[C@@H](C)CO)c(Cl)c3C2=O)c(C)c1C1CCC1. The topological polar surface area (TPSA) is 82.6 Å². The van der Waals surface area contributed by atoms with Crippen molar-refractivity contribution in [3.8, 4) is 5.75 Å². The van der Waals surface area contributed by atoms with E-state index in [1.165, 1.54) is 12.0 Å². The fourth-order valence-electron chi connectivity index (χ4n) is 4.72. The summed E-state index contributed by atoms with van der Waals surface area (Å²) in [5.74, 6) is 0.730. The second kappa shape index (κ2) is 9.28. The van der Waals surface area contributed by atoms with Gasteiger partial charge >= 0.3 is 0 Å². The molecule has 0 spiro atoms. The van der Waals surface area contributed by atoms with Crippen LogP contribution >= 0.6 is 11.6 Å². The van der Waals surface area contributed by atoms with Crippen LogP contribution in [0, 0.1) is 19.8 Å². The van der Waals surface area contributed by atoms with Gasteiger partial charge in [0.1, 0.15) is 5.75 Å². The first-order chi connectivity index (χ1) is 15.3. The Morgan fingerprint density at radius 3 is 2.69 bits per heavy atom. The average Bonchev–Trinajstić information content (AvgIpc) is 2.73. The first kappa shape index (κ1) is 22.9. The Kier molecular flexibility index (Phi) is 6.63. The Morgan fingerprint density at radius 2 is 2.03 bits per heavy atom. The summed E-state index contributed by atoms with van der Waals surface area (Å²) in [4.78, 5) is 30.9. The molecule has 0 unspecified atom stereocenters. The largest absolute Gasteiger partial charge is 0.492 e. The van der Waals surface area contributed by atoms with E-state index >= 15 is 0 Å². The summed E-state index contributed by atoms with van der Waals surface area (Å²) in [7, 11) is 0. The molecule has 0 radical (unpaired) electrons. The van der Waals surface area contributed by atoms with E-state index in [0.29, 0.717) is 47.4 Å². The van der Waals surface area contributed by atoms with Gasteiger partial charge < -0.3 is 19.7 Å². The van der Waals surface area contributed by atoms with Crippen molar-refractivity contribution >= 4 is 17.5 Å². The highest BCUT2D eigenvalue weighted by atomic mass is 35.5. The van der Waals surface area contributed by atoms with E-state index in [2.05, 4.69) is 4.98 Å². The summed E-state index contributed by atoms with van der Waals surface area (Å²) in [6.45, 7) is 6.98. The number of amides is 1. The molecule has 1 saturated carbocycles. The number of nitrogens with one attached hydrogen (secondary N) is 1. The molecule has 1 aliphatic heterocycles. The maximum absolute atomic E-state index is 13.4. The molecule has 1 aromatic carbocycles. The molecule has 2 heterocycles. The molecule has 1 atom stereocenters. The van der Waals surface area contributed by atoms with E-state index in [1.54, 1.807) is 11.0 Å². The predicted octanol–water partition coefficient (Wildman–Crippen LogP) is 4.12. The zero-order valence-corrected chi connectivity index (χ0v) is 19.7. The Balaban J connectivity index is 1.61. The molecule has 2 N–H and O–H groups in total. The number of aromatic amines is 1. The van der Waals surface area contributed by atoms with E-state index in [-0.39, 0.29) is 30.5 Å². The van der Waals surface area contributed by atoms with Crippen molar-refractivity contribution in [3.05, 3.63) is 61.0 Å². The summed E-state index contributed by atoms with van der Waals surface area (Å²) in [5, 5.41) is 9.52. The van der Waals surface area contributed by atoms with Gasteiger partial charge in [-0.05, 0) is 61.8 Å². The Labute approximate surface area is 193 Å². The van der Waals surface area contributed by atoms with Crippen molar-refractivity contribution in [1.82, 2.24) is 9.88 Å². The number of halogens is 1. The zero-order chi connectivity index (χ0) is 23.0. The minimum absolute atomic E-state index is 0.0164. The van der Waals surface area contributed by atoms with Crippen LogP contribution in [0.4, 0.5) is 0 Å². The molecule has 1 amide bonds. The highest BCUT2D eigenvalue weighted by molar-refractivity contribution is 6.35. The molecule has 1 aromatic heterocycles. The van der Waals surface area contributed by atoms with Crippen LogP contribution in [0.2, 0.25) is 5.02 Å². The third-order valence-corrected chi connectivity index (χ3v) is 7.25. The molecular formula is C25H31ClN2O4. The van der Waals surface area contributed by atoms with E-state index in [9.17, 15) is 14.7 Å². The summed E-state index contributed by atoms with van der Waals surface area (Å²) < 4.78 is 5.75. The molecule has 0 bridgehead atoms. The number of hydrogen-bond donors (Lipinski definition) is 2. The molecule has 6 nitrogen and oxygen atoms in total. The number of aliphatic hydroxyl groups excluding tert-OH is 1. The van der Waals surface area contributed by atoms with Gasteiger partial charge in [0.25, 0.3) is 11.5 Å². The number of carbonyl (C=O) groups excluding carboxylic acids is 1. The predicted molar refractivity (Wildman–Crippen MR) is 125 cm³/mol. The van der Waals surface area contributed by atoms with Crippen molar-refractivity contribution < 1.29 is 14.6 Å². The number of aryl methyl sites for hydroxylation is 1. The maximum atomic E-state index is 13.4. The van der Waals surface area contributed by atoms with Gasteiger partial charge in [0.15, 0.2) is 0 Å². The lowest BCUT2D eigenvalue weighted by molar-refractivity contribution is 0.0725. The first-order valence-electron chi connectivity index (χ1n) is 11.4. The molecule has 0 saturated heterocycles. The quantitative estimate of drug-likeness (QED) is 0.653. The molecule has 1 fully saturated rings. The summed E-state index contributed by atoms with van der Waals surface area (Å²) in [6.07, 6.45) is 4.19. The van der Waals surface area contributed by atoms with Crippen LogP contribution < -0.4 is 10.3 Å². The molecule has 7 heteroatoms. The summed E-state index contributed by atoms with van der Waals surface area (Å²) >= 11 is 6.59. The van der Waals surface area contributed by atoms with Crippen molar-refractivity contribution in [2.75, 3.05) is 19.8 Å².